The van der Waals surface area contributed by atoms with E-state index in [4.69, 9.17) is 5.11 Å². The third-order valence-electron chi connectivity index (χ3n) is 2.74. The second kappa shape index (κ2) is 5.66. The van der Waals surface area contributed by atoms with Gasteiger partial charge in [0.2, 0.25) is 0 Å². The van der Waals surface area contributed by atoms with Gasteiger partial charge in [-0.25, -0.2) is 0 Å². The molecular formula is C14H11F3O2S. The highest BCUT2D eigenvalue weighted by Crippen LogP contribution is 2.33. The van der Waals surface area contributed by atoms with Crippen LogP contribution >= 0.6 is 11.3 Å². The van der Waals surface area contributed by atoms with E-state index in [2.05, 4.69) is 0 Å². The van der Waals surface area contributed by atoms with Crippen LogP contribution in [0.15, 0.2) is 36.4 Å². The van der Waals surface area contributed by atoms with Crippen molar-refractivity contribution in [2.24, 2.45) is 0 Å². The first kappa shape index (κ1) is 14.6. The summed E-state index contributed by atoms with van der Waals surface area (Å²) in [5.41, 5.74) is 0.0217. The van der Waals surface area contributed by atoms with Crippen LogP contribution in [0.4, 0.5) is 13.2 Å². The highest BCUT2D eigenvalue weighted by Gasteiger charge is 2.29. The van der Waals surface area contributed by atoms with Crippen molar-refractivity contribution in [2.75, 3.05) is 0 Å². The maximum atomic E-state index is 12.4. The van der Waals surface area contributed by atoms with E-state index >= 15 is 0 Å². The lowest BCUT2D eigenvalue weighted by Gasteiger charge is -2.06. The first-order chi connectivity index (χ1) is 9.36. The first-order valence-electron chi connectivity index (χ1n) is 5.84. The van der Waals surface area contributed by atoms with Crippen LogP contribution in [-0.2, 0) is 17.4 Å². The average molecular weight is 300 g/mol. The molecule has 1 aromatic carbocycles. The SMILES string of the molecule is O=C(O)CCc1ccc(-c2ccc(C(F)(F)F)cc2)s1. The van der Waals surface area contributed by atoms with Crippen LogP contribution in [0.25, 0.3) is 10.4 Å². The second-order valence-electron chi connectivity index (χ2n) is 4.23. The molecule has 0 aliphatic carbocycles. The molecular weight excluding hydrogens is 289 g/mol. The van der Waals surface area contributed by atoms with Gasteiger partial charge in [-0.05, 0) is 36.2 Å². The van der Waals surface area contributed by atoms with Crippen molar-refractivity contribution in [3.63, 3.8) is 0 Å². The molecule has 0 fully saturated rings. The van der Waals surface area contributed by atoms with Crippen LogP contribution in [0.3, 0.4) is 0 Å². The van der Waals surface area contributed by atoms with E-state index in [1.54, 1.807) is 12.1 Å². The molecule has 0 unspecified atom stereocenters. The summed E-state index contributed by atoms with van der Waals surface area (Å²) >= 11 is 1.40. The molecule has 0 atom stereocenters. The van der Waals surface area contributed by atoms with Gasteiger partial charge in [-0.3, -0.25) is 4.79 Å². The fourth-order valence-corrected chi connectivity index (χ4v) is 2.73. The van der Waals surface area contributed by atoms with Crippen molar-refractivity contribution in [2.45, 2.75) is 19.0 Å². The molecule has 0 saturated carbocycles. The number of hydrogen-bond donors (Lipinski definition) is 1. The maximum absolute atomic E-state index is 12.4. The Bertz CT molecular complexity index is 600. The largest absolute Gasteiger partial charge is 0.481 e. The molecule has 2 nitrogen and oxygen atoms in total. The minimum absolute atomic E-state index is 0.0486. The summed E-state index contributed by atoms with van der Waals surface area (Å²) in [7, 11) is 0. The minimum Gasteiger partial charge on any atom is -0.481 e. The lowest BCUT2D eigenvalue weighted by Crippen LogP contribution is -2.03. The number of benzene rings is 1. The molecule has 106 valence electrons. The third kappa shape index (κ3) is 3.60. The highest BCUT2D eigenvalue weighted by atomic mass is 32.1. The van der Waals surface area contributed by atoms with Crippen molar-refractivity contribution in [1.29, 1.82) is 0 Å². The fraction of sp³-hybridized carbons (Fsp3) is 0.214. The number of carboxylic acids is 1. The van der Waals surface area contributed by atoms with Crippen molar-refractivity contribution in [3.05, 3.63) is 46.8 Å². The molecule has 0 aliphatic rings. The van der Waals surface area contributed by atoms with E-state index in [0.717, 1.165) is 21.9 Å². The summed E-state index contributed by atoms with van der Waals surface area (Å²) in [6.07, 6.45) is -3.85. The Morgan fingerprint density at radius 3 is 2.30 bits per heavy atom. The second-order valence-corrected chi connectivity index (χ2v) is 5.40. The number of aliphatic carboxylic acids is 1. The molecule has 2 aromatic rings. The van der Waals surface area contributed by atoms with Crippen molar-refractivity contribution in [3.8, 4) is 10.4 Å². The molecule has 1 N–H and O–H groups in total. The lowest BCUT2D eigenvalue weighted by atomic mass is 10.1. The summed E-state index contributed by atoms with van der Waals surface area (Å²) in [6.45, 7) is 0. The monoisotopic (exact) mass is 300 g/mol. The molecule has 20 heavy (non-hydrogen) atoms. The van der Waals surface area contributed by atoms with E-state index in [0.29, 0.717) is 12.0 Å². The number of halogens is 3. The minimum atomic E-state index is -4.33. The molecule has 1 heterocycles. The number of rotatable bonds is 4. The molecule has 1 aromatic heterocycles. The van der Waals surface area contributed by atoms with Gasteiger partial charge in [-0.1, -0.05) is 12.1 Å². The van der Waals surface area contributed by atoms with Crippen LogP contribution in [0.2, 0.25) is 0 Å². The predicted octanol–water partition coefficient (Wildman–Crippen LogP) is 4.45. The van der Waals surface area contributed by atoms with Gasteiger partial charge >= 0.3 is 12.1 Å². The molecule has 0 amide bonds. The standard InChI is InChI=1S/C14H11F3O2S/c15-14(16,17)10-3-1-9(2-4-10)12-7-5-11(20-12)6-8-13(18)19/h1-5,7H,6,8H2,(H,18,19). The Morgan fingerprint density at radius 1 is 1.10 bits per heavy atom. The Balaban J connectivity index is 2.14. The molecule has 0 saturated heterocycles. The van der Waals surface area contributed by atoms with Gasteiger partial charge < -0.3 is 5.11 Å². The van der Waals surface area contributed by atoms with E-state index in [1.165, 1.54) is 23.5 Å². The Labute approximate surface area is 117 Å². The Hall–Kier alpha value is -1.82. The van der Waals surface area contributed by atoms with Gasteiger partial charge in [0.1, 0.15) is 0 Å². The summed E-state index contributed by atoms with van der Waals surface area (Å²) in [5.74, 6) is -0.866. The van der Waals surface area contributed by atoms with E-state index in [9.17, 15) is 18.0 Å². The molecule has 6 heteroatoms. The smallest absolute Gasteiger partial charge is 0.416 e. The number of carboxylic acid groups (broad SMARTS) is 1. The van der Waals surface area contributed by atoms with Gasteiger partial charge in [0.05, 0.1) is 12.0 Å². The molecule has 0 radical (unpaired) electrons. The van der Waals surface area contributed by atoms with Crippen molar-refractivity contribution < 1.29 is 23.1 Å². The molecule has 0 bridgehead atoms. The zero-order valence-corrected chi connectivity index (χ0v) is 11.1. The van der Waals surface area contributed by atoms with E-state index in [-0.39, 0.29) is 6.42 Å². The fourth-order valence-electron chi connectivity index (χ4n) is 1.72. The molecule has 0 spiro atoms. The quantitative estimate of drug-likeness (QED) is 0.905. The Morgan fingerprint density at radius 2 is 1.75 bits per heavy atom. The van der Waals surface area contributed by atoms with Crippen LogP contribution < -0.4 is 0 Å². The van der Waals surface area contributed by atoms with Crippen molar-refractivity contribution in [1.82, 2.24) is 0 Å². The zero-order valence-electron chi connectivity index (χ0n) is 10.3. The maximum Gasteiger partial charge on any atom is 0.416 e. The van der Waals surface area contributed by atoms with Gasteiger partial charge in [-0.15, -0.1) is 11.3 Å². The highest BCUT2D eigenvalue weighted by molar-refractivity contribution is 7.15. The van der Waals surface area contributed by atoms with Gasteiger partial charge in [0, 0.05) is 9.75 Å². The summed E-state index contributed by atoms with van der Waals surface area (Å²) in [6, 6.07) is 8.55. The average Bonchev–Trinajstić information content (AvgIpc) is 2.84. The summed E-state index contributed by atoms with van der Waals surface area (Å²) < 4.78 is 37.3. The van der Waals surface area contributed by atoms with Gasteiger partial charge in [-0.2, -0.15) is 13.2 Å². The topological polar surface area (TPSA) is 37.3 Å². The third-order valence-corrected chi connectivity index (χ3v) is 3.94. The summed E-state index contributed by atoms with van der Waals surface area (Å²) in [5, 5.41) is 8.60. The van der Waals surface area contributed by atoms with Crippen LogP contribution in [0, 0.1) is 0 Å². The number of aryl methyl sites for hydroxylation is 1. The number of hydrogen-bond acceptors (Lipinski definition) is 2. The molecule has 2 rings (SSSR count). The first-order valence-corrected chi connectivity index (χ1v) is 6.66. The number of alkyl halides is 3. The van der Waals surface area contributed by atoms with Crippen LogP contribution in [0.1, 0.15) is 16.9 Å². The summed E-state index contributed by atoms with van der Waals surface area (Å²) in [4.78, 5) is 12.2. The van der Waals surface area contributed by atoms with E-state index < -0.39 is 17.7 Å². The van der Waals surface area contributed by atoms with Crippen LogP contribution in [-0.4, -0.2) is 11.1 Å². The van der Waals surface area contributed by atoms with Crippen LogP contribution in [0.5, 0.6) is 0 Å². The lowest BCUT2D eigenvalue weighted by molar-refractivity contribution is -0.138. The number of thiophene rings is 1. The predicted molar refractivity (Wildman–Crippen MR) is 70.7 cm³/mol. The van der Waals surface area contributed by atoms with Gasteiger partial charge in [0.15, 0.2) is 0 Å². The normalized spacial score (nSPS) is 11.6. The zero-order chi connectivity index (χ0) is 14.8. The molecule has 0 aliphatic heterocycles. The van der Waals surface area contributed by atoms with E-state index in [1.807, 2.05) is 0 Å². The van der Waals surface area contributed by atoms with Gasteiger partial charge in [0.25, 0.3) is 0 Å². The van der Waals surface area contributed by atoms with Crippen molar-refractivity contribution >= 4 is 17.3 Å². The number of carbonyl (C=O) groups is 1. The Kier molecular flexibility index (Phi) is 4.13.